The highest BCUT2D eigenvalue weighted by molar-refractivity contribution is 7.12. The third-order valence-electron chi connectivity index (χ3n) is 3.33. The van der Waals surface area contributed by atoms with E-state index in [0.717, 1.165) is 29.8 Å². The Morgan fingerprint density at radius 2 is 2.39 bits per heavy atom. The van der Waals surface area contributed by atoms with Crippen LogP contribution in [-0.2, 0) is 0 Å². The topological polar surface area (TPSA) is 46.3 Å². The number of rotatable bonds is 1. The molecule has 1 aliphatic heterocycles. The van der Waals surface area contributed by atoms with Crippen LogP contribution >= 0.6 is 11.3 Å². The Morgan fingerprint density at radius 1 is 1.61 bits per heavy atom. The van der Waals surface area contributed by atoms with Crippen molar-refractivity contribution in [2.45, 2.75) is 32.2 Å². The molecule has 2 N–H and O–H groups in total. The number of carbonyl (C=O) groups excluding carboxylic acids is 1. The van der Waals surface area contributed by atoms with Crippen LogP contribution in [0.25, 0.3) is 0 Å². The van der Waals surface area contributed by atoms with Crippen LogP contribution in [0.15, 0.2) is 11.4 Å². The average Bonchev–Trinajstić information content (AvgIpc) is 2.91. The average molecular weight is 262 g/mol. The van der Waals surface area contributed by atoms with Crippen molar-refractivity contribution >= 4 is 17.2 Å². The molecule has 0 radical (unpaired) electrons. The zero-order valence-electron chi connectivity index (χ0n) is 10.8. The summed E-state index contributed by atoms with van der Waals surface area (Å²) in [7, 11) is 0. The van der Waals surface area contributed by atoms with Crippen LogP contribution in [0, 0.1) is 11.8 Å². The first-order chi connectivity index (χ1) is 8.56. The molecule has 1 saturated heterocycles. The summed E-state index contributed by atoms with van der Waals surface area (Å²) >= 11 is 1.46. The summed E-state index contributed by atoms with van der Waals surface area (Å²) in [5, 5.41) is 1.91. The van der Waals surface area contributed by atoms with E-state index in [1.165, 1.54) is 11.3 Å². The fourth-order valence-corrected chi connectivity index (χ4v) is 3.12. The van der Waals surface area contributed by atoms with Gasteiger partial charge in [0.1, 0.15) is 4.88 Å². The maximum Gasteiger partial charge on any atom is 0.265 e. The van der Waals surface area contributed by atoms with Crippen molar-refractivity contribution < 1.29 is 4.79 Å². The van der Waals surface area contributed by atoms with E-state index in [4.69, 9.17) is 5.73 Å². The highest BCUT2D eigenvalue weighted by atomic mass is 32.1. The molecule has 0 saturated carbocycles. The molecule has 3 nitrogen and oxygen atoms in total. The minimum absolute atomic E-state index is 0.0420. The van der Waals surface area contributed by atoms with E-state index in [1.807, 2.05) is 16.3 Å². The van der Waals surface area contributed by atoms with Crippen molar-refractivity contribution in [3.8, 4) is 11.8 Å². The molecule has 4 heteroatoms. The van der Waals surface area contributed by atoms with Crippen molar-refractivity contribution in [2.24, 2.45) is 5.73 Å². The van der Waals surface area contributed by atoms with Crippen molar-refractivity contribution in [3.63, 3.8) is 0 Å². The molecule has 0 aromatic carbocycles. The molecule has 1 amide bonds. The van der Waals surface area contributed by atoms with E-state index in [-0.39, 0.29) is 11.4 Å². The zero-order valence-corrected chi connectivity index (χ0v) is 11.6. The van der Waals surface area contributed by atoms with Gasteiger partial charge in [0, 0.05) is 17.6 Å². The molecule has 1 aliphatic rings. The summed E-state index contributed by atoms with van der Waals surface area (Å²) in [6.45, 7) is 5.40. The Bertz CT molecular complexity index is 507. The molecule has 0 bridgehead atoms. The molecule has 18 heavy (non-hydrogen) atoms. The van der Waals surface area contributed by atoms with Gasteiger partial charge in [-0.15, -0.1) is 11.3 Å². The Hall–Kier alpha value is -1.31. The highest BCUT2D eigenvalue weighted by Crippen LogP contribution is 2.31. The fraction of sp³-hybridized carbons (Fsp3) is 0.500. The standard InChI is InChI=1S/C14H18N2OS/c1-14(2)7-4-9-16(14)13(17)12-11(5-3-8-15)6-10-18-12/h6,10H,4,7-9,15H2,1-2H3. The summed E-state index contributed by atoms with van der Waals surface area (Å²) in [6, 6.07) is 1.89. The summed E-state index contributed by atoms with van der Waals surface area (Å²) in [5.41, 5.74) is 6.13. The van der Waals surface area contributed by atoms with E-state index < -0.39 is 0 Å². The van der Waals surface area contributed by atoms with Crippen LogP contribution in [0.2, 0.25) is 0 Å². The first-order valence-corrected chi connectivity index (χ1v) is 7.02. The number of hydrogen-bond donors (Lipinski definition) is 1. The molecular formula is C14H18N2OS. The Kier molecular flexibility index (Phi) is 3.74. The maximum atomic E-state index is 12.5. The molecule has 1 aromatic rings. The van der Waals surface area contributed by atoms with Gasteiger partial charge in [0.15, 0.2) is 0 Å². The van der Waals surface area contributed by atoms with Crippen LogP contribution in [0.3, 0.4) is 0 Å². The lowest BCUT2D eigenvalue weighted by molar-refractivity contribution is 0.0657. The molecule has 1 fully saturated rings. The van der Waals surface area contributed by atoms with Gasteiger partial charge >= 0.3 is 0 Å². The molecule has 96 valence electrons. The predicted molar refractivity (Wildman–Crippen MR) is 74.6 cm³/mol. The van der Waals surface area contributed by atoms with E-state index in [2.05, 4.69) is 25.7 Å². The van der Waals surface area contributed by atoms with Gasteiger partial charge in [-0.25, -0.2) is 0 Å². The summed E-state index contributed by atoms with van der Waals surface area (Å²) in [5.74, 6) is 5.89. The quantitative estimate of drug-likeness (QED) is 0.788. The number of thiophene rings is 1. The summed E-state index contributed by atoms with van der Waals surface area (Å²) in [6.07, 6.45) is 2.14. The first-order valence-electron chi connectivity index (χ1n) is 6.14. The van der Waals surface area contributed by atoms with Crippen LogP contribution in [0.4, 0.5) is 0 Å². The van der Waals surface area contributed by atoms with Crippen LogP contribution in [0.1, 0.15) is 41.9 Å². The third-order valence-corrected chi connectivity index (χ3v) is 4.23. The van der Waals surface area contributed by atoms with Gasteiger partial charge in [-0.1, -0.05) is 11.8 Å². The molecule has 2 heterocycles. The predicted octanol–water partition coefficient (Wildman–Crippen LogP) is 2.07. The molecule has 2 rings (SSSR count). The number of nitrogens with zero attached hydrogens (tertiary/aromatic N) is 1. The van der Waals surface area contributed by atoms with Gasteiger partial charge in [0.05, 0.1) is 6.54 Å². The second kappa shape index (κ2) is 5.13. The van der Waals surface area contributed by atoms with Crippen molar-refractivity contribution in [2.75, 3.05) is 13.1 Å². The van der Waals surface area contributed by atoms with Gasteiger partial charge < -0.3 is 10.6 Å². The largest absolute Gasteiger partial charge is 0.333 e. The van der Waals surface area contributed by atoms with Crippen LogP contribution in [0.5, 0.6) is 0 Å². The summed E-state index contributed by atoms with van der Waals surface area (Å²) < 4.78 is 0. The Morgan fingerprint density at radius 3 is 3.00 bits per heavy atom. The molecule has 0 spiro atoms. The van der Waals surface area contributed by atoms with E-state index in [1.54, 1.807) is 0 Å². The smallest absolute Gasteiger partial charge is 0.265 e. The van der Waals surface area contributed by atoms with E-state index >= 15 is 0 Å². The van der Waals surface area contributed by atoms with E-state index in [9.17, 15) is 4.79 Å². The van der Waals surface area contributed by atoms with Crippen molar-refractivity contribution in [3.05, 3.63) is 21.9 Å². The first kappa shape index (κ1) is 13.1. The number of carbonyl (C=O) groups is 1. The molecule has 0 atom stereocenters. The molecular weight excluding hydrogens is 244 g/mol. The molecule has 0 aliphatic carbocycles. The van der Waals surface area contributed by atoms with Gasteiger partial charge in [0.25, 0.3) is 5.91 Å². The number of nitrogens with two attached hydrogens (primary N) is 1. The maximum absolute atomic E-state index is 12.5. The Labute approximate surface area is 112 Å². The van der Waals surface area contributed by atoms with Crippen LogP contribution in [-0.4, -0.2) is 29.4 Å². The number of hydrogen-bond acceptors (Lipinski definition) is 3. The van der Waals surface area contributed by atoms with E-state index in [0.29, 0.717) is 6.54 Å². The monoisotopic (exact) mass is 262 g/mol. The Balaban J connectivity index is 2.27. The highest BCUT2D eigenvalue weighted by Gasteiger charge is 2.36. The van der Waals surface area contributed by atoms with Crippen LogP contribution < -0.4 is 5.73 Å². The van der Waals surface area contributed by atoms with Gasteiger partial charge in [-0.2, -0.15) is 0 Å². The SMILES string of the molecule is CC1(C)CCCN1C(=O)c1sccc1C#CCN. The molecule has 0 unspecified atom stereocenters. The van der Waals surface area contributed by atoms with Crippen molar-refractivity contribution in [1.29, 1.82) is 0 Å². The fourth-order valence-electron chi connectivity index (χ4n) is 2.33. The number of amides is 1. The van der Waals surface area contributed by atoms with Gasteiger partial charge in [0.2, 0.25) is 0 Å². The summed E-state index contributed by atoms with van der Waals surface area (Å²) in [4.78, 5) is 15.3. The van der Waals surface area contributed by atoms with Crippen molar-refractivity contribution in [1.82, 2.24) is 4.90 Å². The zero-order chi connectivity index (χ0) is 13.2. The van der Waals surface area contributed by atoms with Gasteiger partial charge in [-0.05, 0) is 38.1 Å². The normalized spacial score (nSPS) is 17.4. The minimum atomic E-state index is -0.0420. The molecule has 1 aromatic heterocycles. The second-order valence-corrected chi connectivity index (χ2v) is 5.96. The lowest BCUT2D eigenvalue weighted by atomic mass is 10.0. The third kappa shape index (κ3) is 2.43. The van der Waals surface area contributed by atoms with Gasteiger partial charge in [-0.3, -0.25) is 4.79 Å². The second-order valence-electron chi connectivity index (χ2n) is 5.04. The lowest BCUT2D eigenvalue weighted by Crippen LogP contribution is -2.42. The number of likely N-dealkylation sites (tertiary alicyclic amines) is 1. The minimum Gasteiger partial charge on any atom is -0.333 e. The lowest BCUT2D eigenvalue weighted by Gasteiger charge is -2.31.